The monoisotopic (exact) mass is 682 g/mol. The third-order valence-corrected chi connectivity index (χ3v) is 8.98. The number of nitrogens with two attached hydrogens (primary N) is 1. The van der Waals surface area contributed by atoms with Crippen molar-refractivity contribution in [3.63, 3.8) is 0 Å². The number of phenolic OH excluding ortho intramolecular Hbond substituents is 1. The highest BCUT2D eigenvalue weighted by Crippen LogP contribution is 2.30. The normalized spacial score (nSPS) is 16.2. The van der Waals surface area contributed by atoms with E-state index in [1.807, 2.05) is 54.7 Å². The van der Waals surface area contributed by atoms with Gasteiger partial charge in [0.1, 0.15) is 22.4 Å². The molecule has 1 aromatic heterocycles. The van der Waals surface area contributed by atoms with Crippen LogP contribution in [0.25, 0.3) is 10.9 Å². The van der Waals surface area contributed by atoms with Crippen LogP contribution in [0.4, 0.5) is 0 Å². The maximum atomic E-state index is 14.3. The van der Waals surface area contributed by atoms with E-state index in [4.69, 9.17) is 5.73 Å². The van der Waals surface area contributed by atoms with Gasteiger partial charge < -0.3 is 37.1 Å². The minimum atomic E-state index is -1.30. The van der Waals surface area contributed by atoms with Crippen molar-refractivity contribution in [1.82, 2.24) is 26.3 Å². The molecule has 3 aromatic carbocycles. The average molecular weight is 683 g/mol. The first-order valence-electron chi connectivity index (χ1n) is 16.6. The largest absolute Gasteiger partial charge is 0.508 e. The lowest BCUT2D eigenvalue weighted by molar-refractivity contribution is -0.485. The van der Waals surface area contributed by atoms with E-state index in [-0.39, 0.29) is 43.4 Å². The molecule has 1 aliphatic carbocycles. The van der Waals surface area contributed by atoms with Crippen LogP contribution in [0, 0.1) is 10.1 Å². The fourth-order valence-corrected chi connectivity index (χ4v) is 6.34. The van der Waals surface area contributed by atoms with Crippen molar-refractivity contribution in [2.24, 2.45) is 10.8 Å². The SMILES string of the molecule is N/C(=N\[N+](=O)[O-])NCCC[C@H](NC(=O)C1(NC(=O)CCc2ccc(O)cc2)CCc2ccccc2C1)C(=O)NCCc1c[nH]c2ccccc12. The Hall–Kier alpha value is -5.92. The highest BCUT2D eigenvalue weighted by atomic mass is 16.7. The molecule has 262 valence electrons. The summed E-state index contributed by atoms with van der Waals surface area (Å²) in [5.41, 5.74) is 9.19. The minimum absolute atomic E-state index is 0.123. The number of fused-ring (bicyclic) bond motifs is 2. The lowest BCUT2D eigenvalue weighted by atomic mass is 9.77. The Labute approximate surface area is 289 Å². The second-order valence-corrected chi connectivity index (χ2v) is 12.5. The first kappa shape index (κ1) is 35.4. The molecule has 0 spiro atoms. The Balaban J connectivity index is 1.30. The van der Waals surface area contributed by atoms with Gasteiger partial charge in [-0.05, 0) is 79.0 Å². The molecule has 1 aliphatic rings. The van der Waals surface area contributed by atoms with Crippen LogP contribution in [-0.2, 0) is 40.1 Å². The zero-order valence-corrected chi connectivity index (χ0v) is 27.6. The molecule has 2 atom stereocenters. The maximum absolute atomic E-state index is 14.3. The summed E-state index contributed by atoms with van der Waals surface area (Å²) in [6, 6.07) is 21.3. The molecule has 0 fully saturated rings. The smallest absolute Gasteiger partial charge is 0.266 e. The van der Waals surface area contributed by atoms with Crippen molar-refractivity contribution < 1.29 is 24.5 Å². The molecule has 0 radical (unpaired) electrons. The summed E-state index contributed by atoms with van der Waals surface area (Å²) in [5.74, 6) is -1.40. The van der Waals surface area contributed by atoms with Gasteiger partial charge in [-0.15, -0.1) is 0 Å². The number of hydrogen-bond donors (Lipinski definition) is 7. The van der Waals surface area contributed by atoms with Crippen molar-refractivity contribution in [1.29, 1.82) is 0 Å². The van der Waals surface area contributed by atoms with E-state index in [0.717, 1.165) is 33.2 Å². The standard InChI is InChI=1S/C36H42N8O6/c37-35(43-44(49)50)39-20-5-10-31(33(47)38-21-18-27-23-40-30-9-4-3-8-29(27)30)41-34(48)36(19-17-25-6-1-2-7-26(25)22-36)42-32(46)16-13-24-11-14-28(45)15-12-24/h1-4,6-9,11-12,14-15,23,31,40,45H,5,10,13,16-22H2,(H,38,47)(H,41,48)(H,42,46)(H3,37,39,43)/t31-,36?/m0/s1. The van der Waals surface area contributed by atoms with E-state index in [9.17, 15) is 29.6 Å². The van der Waals surface area contributed by atoms with Gasteiger partial charge in [0, 0.05) is 43.0 Å². The predicted octanol–water partition coefficient (Wildman–Crippen LogP) is 2.57. The molecule has 3 amide bonds. The summed E-state index contributed by atoms with van der Waals surface area (Å²) in [7, 11) is 0. The Morgan fingerprint density at radius 2 is 1.72 bits per heavy atom. The van der Waals surface area contributed by atoms with E-state index in [1.54, 1.807) is 24.3 Å². The third kappa shape index (κ3) is 9.36. The number of hydrazone groups is 1. The van der Waals surface area contributed by atoms with Crippen LogP contribution < -0.4 is 27.0 Å². The van der Waals surface area contributed by atoms with Crippen LogP contribution in [0.15, 0.2) is 84.1 Å². The van der Waals surface area contributed by atoms with Crippen molar-refractivity contribution >= 4 is 34.6 Å². The number of hydrogen-bond acceptors (Lipinski definition) is 6. The number of aromatic nitrogens is 1. The molecular formula is C36H42N8O6. The van der Waals surface area contributed by atoms with Crippen molar-refractivity contribution in [2.45, 2.75) is 62.9 Å². The number of nitrogens with one attached hydrogen (secondary N) is 5. The highest BCUT2D eigenvalue weighted by Gasteiger charge is 2.43. The molecule has 0 aliphatic heterocycles. The van der Waals surface area contributed by atoms with E-state index in [1.165, 1.54) is 0 Å². The topological polar surface area (TPSA) is 217 Å². The number of rotatable bonds is 15. The Kier molecular flexibility index (Phi) is 11.6. The number of aromatic amines is 1. The van der Waals surface area contributed by atoms with Crippen molar-refractivity contribution in [2.75, 3.05) is 13.1 Å². The lowest BCUT2D eigenvalue weighted by Gasteiger charge is -2.38. The quantitative estimate of drug-likeness (QED) is 0.0324. The number of phenols is 1. The molecule has 0 saturated heterocycles. The predicted molar refractivity (Wildman–Crippen MR) is 189 cm³/mol. The second kappa shape index (κ2) is 16.5. The van der Waals surface area contributed by atoms with Crippen LogP contribution in [0.1, 0.15) is 47.9 Å². The van der Waals surface area contributed by atoms with Gasteiger partial charge in [-0.2, -0.15) is 0 Å². The van der Waals surface area contributed by atoms with Gasteiger partial charge >= 0.3 is 0 Å². The van der Waals surface area contributed by atoms with Gasteiger partial charge in [0.15, 0.2) is 5.03 Å². The number of carbonyl (C=O) groups is 3. The zero-order chi connectivity index (χ0) is 35.5. The first-order valence-corrected chi connectivity index (χ1v) is 16.6. The number of para-hydroxylation sites is 1. The van der Waals surface area contributed by atoms with Gasteiger partial charge in [0.25, 0.3) is 5.96 Å². The highest BCUT2D eigenvalue weighted by molar-refractivity contribution is 5.95. The molecule has 14 heteroatoms. The minimum Gasteiger partial charge on any atom is -0.508 e. The number of carbonyl (C=O) groups excluding carboxylic acids is 3. The van der Waals surface area contributed by atoms with Crippen LogP contribution in [-0.4, -0.2) is 63.5 Å². The van der Waals surface area contributed by atoms with Crippen molar-refractivity contribution in [3.8, 4) is 5.75 Å². The number of guanidine groups is 1. The van der Waals surface area contributed by atoms with Crippen LogP contribution >= 0.6 is 0 Å². The number of aromatic hydroxyl groups is 1. The third-order valence-electron chi connectivity index (χ3n) is 8.98. The number of amides is 3. The summed E-state index contributed by atoms with van der Waals surface area (Å²) >= 11 is 0. The molecule has 0 saturated carbocycles. The van der Waals surface area contributed by atoms with Crippen molar-refractivity contribution in [3.05, 3.63) is 111 Å². The Bertz CT molecular complexity index is 1860. The molecule has 50 heavy (non-hydrogen) atoms. The molecule has 5 rings (SSSR count). The molecular weight excluding hydrogens is 640 g/mol. The van der Waals surface area contributed by atoms with E-state index >= 15 is 0 Å². The van der Waals surface area contributed by atoms with Gasteiger partial charge in [0.05, 0.1) is 0 Å². The molecule has 4 aromatic rings. The van der Waals surface area contributed by atoms with Crippen LogP contribution in [0.2, 0.25) is 0 Å². The summed E-state index contributed by atoms with van der Waals surface area (Å²) in [6.07, 6.45) is 4.67. The van der Waals surface area contributed by atoms with Gasteiger partial charge in [-0.25, -0.2) is 10.1 Å². The maximum Gasteiger partial charge on any atom is 0.266 e. The van der Waals surface area contributed by atoms with Gasteiger partial charge in [-0.3, -0.25) is 14.4 Å². The number of benzene rings is 3. The zero-order valence-electron chi connectivity index (χ0n) is 27.6. The number of nitro groups is 1. The Morgan fingerprint density at radius 3 is 2.50 bits per heavy atom. The second-order valence-electron chi connectivity index (χ2n) is 12.5. The van der Waals surface area contributed by atoms with Crippen LogP contribution in [0.3, 0.4) is 0 Å². The van der Waals surface area contributed by atoms with Gasteiger partial charge in [-0.1, -0.05) is 54.6 Å². The lowest BCUT2D eigenvalue weighted by Crippen LogP contribution is -2.64. The molecule has 14 nitrogen and oxygen atoms in total. The van der Waals surface area contributed by atoms with E-state index < -0.39 is 28.4 Å². The molecule has 1 heterocycles. The first-order chi connectivity index (χ1) is 24.1. The fourth-order valence-electron chi connectivity index (χ4n) is 6.34. The molecule has 8 N–H and O–H groups in total. The summed E-state index contributed by atoms with van der Waals surface area (Å²) in [4.78, 5) is 55.2. The Morgan fingerprint density at radius 1 is 0.980 bits per heavy atom. The summed E-state index contributed by atoms with van der Waals surface area (Å²) in [5, 5.41) is 35.0. The fraction of sp³-hybridized carbons (Fsp3) is 0.333. The molecule has 0 bridgehead atoms. The summed E-state index contributed by atoms with van der Waals surface area (Å²) < 4.78 is 0. The van der Waals surface area contributed by atoms with E-state index in [0.29, 0.717) is 38.6 Å². The average Bonchev–Trinajstić information content (AvgIpc) is 3.51. The van der Waals surface area contributed by atoms with Gasteiger partial charge in [0.2, 0.25) is 17.7 Å². The molecule has 1 unspecified atom stereocenters. The van der Waals surface area contributed by atoms with E-state index in [2.05, 4.69) is 31.4 Å². The number of H-pyrrole nitrogens is 1. The number of nitrogens with zero attached hydrogens (tertiary/aromatic N) is 2. The summed E-state index contributed by atoms with van der Waals surface area (Å²) in [6.45, 7) is 0.491. The number of aryl methyl sites for hydroxylation is 2. The van der Waals surface area contributed by atoms with Crippen LogP contribution in [0.5, 0.6) is 5.75 Å².